The van der Waals surface area contributed by atoms with Crippen molar-refractivity contribution >= 4 is 0 Å². The van der Waals surface area contributed by atoms with Crippen molar-refractivity contribution in [3.05, 3.63) is 35.4 Å². The van der Waals surface area contributed by atoms with E-state index in [1.54, 1.807) is 0 Å². The summed E-state index contributed by atoms with van der Waals surface area (Å²) in [6.07, 6.45) is 9.88. The molecule has 108 valence electrons. The van der Waals surface area contributed by atoms with Crippen LogP contribution in [0.4, 0.5) is 0 Å². The van der Waals surface area contributed by atoms with E-state index in [9.17, 15) is 0 Å². The van der Waals surface area contributed by atoms with Gasteiger partial charge >= 0.3 is 0 Å². The van der Waals surface area contributed by atoms with E-state index in [0.717, 1.165) is 24.2 Å². The summed E-state index contributed by atoms with van der Waals surface area (Å²) in [4.78, 5) is 0. The third-order valence-electron chi connectivity index (χ3n) is 6.57. The fraction of sp³-hybridized carbons (Fsp3) is 0.684. The van der Waals surface area contributed by atoms with Gasteiger partial charge in [-0.2, -0.15) is 0 Å². The van der Waals surface area contributed by atoms with Gasteiger partial charge < -0.3 is 5.73 Å². The molecule has 0 amide bonds. The van der Waals surface area contributed by atoms with Crippen molar-refractivity contribution < 1.29 is 0 Å². The van der Waals surface area contributed by atoms with E-state index in [4.69, 9.17) is 5.73 Å². The zero-order valence-corrected chi connectivity index (χ0v) is 12.6. The first kappa shape index (κ1) is 12.9. The summed E-state index contributed by atoms with van der Waals surface area (Å²) in [5, 5.41) is 0. The van der Waals surface area contributed by atoms with E-state index in [1.165, 1.54) is 49.7 Å². The van der Waals surface area contributed by atoms with Crippen LogP contribution < -0.4 is 5.73 Å². The molecule has 0 radical (unpaired) electrons. The lowest BCUT2D eigenvalue weighted by Crippen LogP contribution is -2.55. The van der Waals surface area contributed by atoms with Gasteiger partial charge in [-0.1, -0.05) is 24.3 Å². The van der Waals surface area contributed by atoms with Gasteiger partial charge in [-0.05, 0) is 86.2 Å². The Labute approximate surface area is 122 Å². The van der Waals surface area contributed by atoms with Crippen LogP contribution in [-0.2, 0) is 6.42 Å². The van der Waals surface area contributed by atoms with Crippen LogP contribution in [0.25, 0.3) is 0 Å². The summed E-state index contributed by atoms with van der Waals surface area (Å²) >= 11 is 0. The maximum absolute atomic E-state index is 6.77. The van der Waals surface area contributed by atoms with Crippen molar-refractivity contribution in [2.24, 2.45) is 28.9 Å². The molecule has 2 N–H and O–H groups in total. The van der Waals surface area contributed by atoms with Gasteiger partial charge in [-0.25, -0.2) is 0 Å². The zero-order chi connectivity index (χ0) is 13.7. The molecule has 4 aliphatic rings. The molecule has 0 aliphatic heterocycles. The second kappa shape index (κ2) is 4.59. The average Bonchev–Trinajstić information content (AvgIpc) is 2.40. The first-order valence-corrected chi connectivity index (χ1v) is 8.45. The highest BCUT2D eigenvalue weighted by Gasteiger charge is 2.53. The molecule has 5 rings (SSSR count). The Kier molecular flexibility index (Phi) is 2.96. The molecule has 0 spiro atoms. The number of aryl methyl sites for hydroxylation is 1. The highest BCUT2D eigenvalue weighted by molar-refractivity contribution is 5.27. The summed E-state index contributed by atoms with van der Waals surface area (Å²) < 4.78 is 0. The summed E-state index contributed by atoms with van der Waals surface area (Å²) in [5.74, 6) is 3.01. The Hall–Kier alpha value is -0.820. The van der Waals surface area contributed by atoms with E-state index < -0.39 is 0 Å². The number of nitrogens with two attached hydrogens (primary N) is 1. The van der Waals surface area contributed by atoms with Crippen LogP contribution in [-0.4, -0.2) is 6.04 Å². The van der Waals surface area contributed by atoms with Crippen molar-refractivity contribution in [2.45, 2.75) is 57.9 Å². The number of benzene rings is 1. The fourth-order valence-corrected chi connectivity index (χ4v) is 5.92. The van der Waals surface area contributed by atoms with Gasteiger partial charge in [0.1, 0.15) is 0 Å². The number of rotatable bonds is 3. The summed E-state index contributed by atoms with van der Waals surface area (Å²) in [7, 11) is 0. The molecule has 0 aromatic heterocycles. The molecule has 1 unspecified atom stereocenters. The molecule has 1 atom stereocenters. The van der Waals surface area contributed by atoms with E-state index >= 15 is 0 Å². The lowest BCUT2D eigenvalue weighted by atomic mass is 9.47. The summed E-state index contributed by atoms with van der Waals surface area (Å²) in [6, 6.07) is 9.17. The molecule has 1 aromatic rings. The quantitative estimate of drug-likeness (QED) is 0.879. The normalized spacial score (nSPS) is 40.0. The van der Waals surface area contributed by atoms with E-state index in [1.807, 2.05) is 0 Å². The van der Waals surface area contributed by atoms with Gasteiger partial charge in [0.25, 0.3) is 0 Å². The highest BCUT2D eigenvalue weighted by Crippen LogP contribution is 2.61. The van der Waals surface area contributed by atoms with Gasteiger partial charge in [-0.15, -0.1) is 0 Å². The van der Waals surface area contributed by atoms with Crippen LogP contribution >= 0.6 is 0 Å². The van der Waals surface area contributed by atoms with Crippen LogP contribution in [0.3, 0.4) is 0 Å². The lowest BCUT2D eigenvalue weighted by Gasteiger charge is -2.59. The Morgan fingerprint density at radius 1 is 1.05 bits per heavy atom. The molecule has 4 saturated carbocycles. The van der Waals surface area contributed by atoms with E-state index in [-0.39, 0.29) is 0 Å². The maximum Gasteiger partial charge on any atom is 0.0137 e. The highest BCUT2D eigenvalue weighted by atomic mass is 14.7. The Morgan fingerprint density at radius 2 is 1.60 bits per heavy atom. The average molecular weight is 269 g/mol. The SMILES string of the molecule is Cc1ccccc1CC(N)C12CC3CC(CC(C3)C1)C2. The molecule has 1 aromatic carbocycles. The molecule has 4 bridgehead atoms. The Bertz CT molecular complexity index is 469. The van der Waals surface area contributed by atoms with Gasteiger partial charge in [0.2, 0.25) is 0 Å². The molecule has 0 heterocycles. The first-order chi connectivity index (χ1) is 9.64. The van der Waals surface area contributed by atoms with Crippen molar-refractivity contribution in [1.82, 2.24) is 0 Å². The van der Waals surface area contributed by atoms with Crippen LogP contribution in [0.15, 0.2) is 24.3 Å². The molecule has 1 heteroatoms. The number of hydrogen-bond donors (Lipinski definition) is 1. The monoisotopic (exact) mass is 269 g/mol. The minimum atomic E-state index is 0.372. The molecule has 4 aliphatic carbocycles. The molecule has 20 heavy (non-hydrogen) atoms. The first-order valence-electron chi connectivity index (χ1n) is 8.45. The third kappa shape index (κ3) is 2.02. The van der Waals surface area contributed by atoms with Gasteiger partial charge in [0.15, 0.2) is 0 Å². The van der Waals surface area contributed by atoms with E-state index in [2.05, 4.69) is 31.2 Å². The van der Waals surface area contributed by atoms with Crippen LogP contribution in [0.1, 0.15) is 49.7 Å². The molecule has 0 saturated heterocycles. The maximum atomic E-state index is 6.77. The van der Waals surface area contributed by atoms with Crippen molar-refractivity contribution in [3.8, 4) is 0 Å². The minimum absolute atomic E-state index is 0.372. The lowest BCUT2D eigenvalue weighted by molar-refractivity contribution is -0.0667. The second-order valence-corrected chi connectivity index (χ2v) is 8.02. The number of hydrogen-bond acceptors (Lipinski definition) is 1. The standard InChI is InChI=1S/C19H27N/c1-13-4-2-3-5-17(13)9-18(20)19-10-14-6-15(11-19)8-16(7-14)12-19/h2-5,14-16,18H,6-12,20H2,1H3. The second-order valence-electron chi connectivity index (χ2n) is 8.02. The van der Waals surface area contributed by atoms with Crippen LogP contribution in [0, 0.1) is 30.1 Å². The minimum Gasteiger partial charge on any atom is -0.327 e. The van der Waals surface area contributed by atoms with Gasteiger partial charge in [0.05, 0.1) is 0 Å². The molecular formula is C19H27N. The Morgan fingerprint density at radius 3 is 2.15 bits per heavy atom. The topological polar surface area (TPSA) is 26.0 Å². The van der Waals surface area contributed by atoms with Crippen molar-refractivity contribution in [3.63, 3.8) is 0 Å². The van der Waals surface area contributed by atoms with Gasteiger partial charge in [0, 0.05) is 6.04 Å². The summed E-state index contributed by atoms with van der Waals surface area (Å²) in [5.41, 5.74) is 10.1. The largest absolute Gasteiger partial charge is 0.327 e. The fourth-order valence-electron chi connectivity index (χ4n) is 5.92. The predicted octanol–water partition coefficient (Wildman–Crippen LogP) is 4.08. The molecular weight excluding hydrogens is 242 g/mol. The molecule has 1 nitrogen and oxygen atoms in total. The summed E-state index contributed by atoms with van der Waals surface area (Å²) in [6.45, 7) is 2.22. The zero-order valence-electron chi connectivity index (χ0n) is 12.6. The van der Waals surface area contributed by atoms with Gasteiger partial charge in [-0.3, -0.25) is 0 Å². The van der Waals surface area contributed by atoms with Crippen LogP contribution in [0.2, 0.25) is 0 Å². The van der Waals surface area contributed by atoms with Crippen LogP contribution in [0.5, 0.6) is 0 Å². The third-order valence-corrected chi connectivity index (χ3v) is 6.57. The Balaban J connectivity index is 1.56. The van der Waals surface area contributed by atoms with Crippen molar-refractivity contribution in [1.29, 1.82) is 0 Å². The predicted molar refractivity (Wildman–Crippen MR) is 83.5 cm³/mol. The smallest absolute Gasteiger partial charge is 0.0137 e. The van der Waals surface area contributed by atoms with E-state index in [0.29, 0.717) is 11.5 Å². The van der Waals surface area contributed by atoms with Crippen molar-refractivity contribution in [2.75, 3.05) is 0 Å². The molecule has 4 fully saturated rings.